The molecule has 31 heavy (non-hydrogen) atoms. The van der Waals surface area contributed by atoms with Gasteiger partial charge in [0.2, 0.25) is 5.91 Å². The van der Waals surface area contributed by atoms with Crippen LogP contribution in [0, 0.1) is 0 Å². The number of ether oxygens (including phenoxy) is 1. The molecule has 0 spiro atoms. The third kappa shape index (κ3) is 5.86. The minimum Gasteiger partial charge on any atom is -0.494 e. The van der Waals surface area contributed by atoms with E-state index in [9.17, 15) is 22.8 Å². The number of anilines is 1. The second kappa shape index (κ2) is 9.52. The summed E-state index contributed by atoms with van der Waals surface area (Å²) < 4.78 is 44.0. The van der Waals surface area contributed by atoms with Crippen molar-refractivity contribution < 1.29 is 27.5 Å². The van der Waals surface area contributed by atoms with Gasteiger partial charge >= 0.3 is 6.18 Å². The number of carbonyl (C=O) groups is 2. The minimum atomic E-state index is -4.52. The largest absolute Gasteiger partial charge is 0.494 e. The molecule has 0 bridgehead atoms. The summed E-state index contributed by atoms with van der Waals surface area (Å²) >= 11 is 6.25. The fourth-order valence-corrected chi connectivity index (χ4v) is 3.99. The van der Waals surface area contributed by atoms with Gasteiger partial charge in [-0.3, -0.25) is 14.5 Å². The number of nitrogens with one attached hydrogen (secondary N) is 1. The van der Waals surface area contributed by atoms with Crippen molar-refractivity contribution in [1.82, 2.24) is 4.90 Å². The molecule has 0 aromatic heterocycles. The van der Waals surface area contributed by atoms with E-state index in [2.05, 4.69) is 5.32 Å². The zero-order chi connectivity index (χ0) is 22.6. The normalized spacial score (nSPS) is 15.5. The third-order valence-corrected chi connectivity index (χ3v) is 5.52. The number of hydrogen-bond donors (Lipinski definition) is 1. The van der Waals surface area contributed by atoms with Crippen molar-refractivity contribution in [3.05, 3.63) is 64.6 Å². The maximum absolute atomic E-state index is 12.8. The zero-order valence-electron chi connectivity index (χ0n) is 16.2. The molecule has 0 unspecified atom stereocenters. The molecule has 0 saturated carbocycles. The molecule has 0 radical (unpaired) electrons. The van der Waals surface area contributed by atoms with Gasteiger partial charge in [0.05, 0.1) is 17.1 Å². The molecule has 1 saturated heterocycles. The van der Waals surface area contributed by atoms with E-state index in [0.717, 1.165) is 34.4 Å². The van der Waals surface area contributed by atoms with Gasteiger partial charge < -0.3 is 10.1 Å². The summed E-state index contributed by atoms with van der Waals surface area (Å²) in [6, 6.07) is 11.4. The quantitative estimate of drug-likeness (QED) is 0.483. The van der Waals surface area contributed by atoms with Gasteiger partial charge in [-0.05, 0) is 48.9 Å². The predicted molar refractivity (Wildman–Crippen MR) is 118 cm³/mol. The summed E-state index contributed by atoms with van der Waals surface area (Å²) in [5.74, 6) is -0.389. The Hall–Kier alpha value is -2.85. The van der Waals surface area contributed by atoms with Gasteiger partial charge in [0.1, 0.15) is 16.6 Å². The smallest absolute Gasteiger partial charge is 0.416 e. The topological polar surface area (TPSA) is 58.6 Å². The first-order chi connectivity index (χ1) is 14.7. The van der Waals surface area contributed by atoms with Gasteiger partial charge in [-0.15, -0.1) is 0 Å². The number of halogens is 3. The molecule has 1 fully saturated rings. The molecule has 2 aromatic rings. The number of thioether (sulfide) groups is 1. The molecule has 1 aliphatic heterocycles. The standard InChI is InChI=1S/C21H17F3N2O3S2/c1-2-29-16-8-6-13(7-9-16)10-17-19(28)26(20(30)31-17)12-18(27)25-15-5-3-4-14(11-15)21(22,23)24/h3-11H,2,12H2,1H3,(H,25,27)/b17-10-. The van der Waals surface area contributed by atoms with Gasteiger partial charge in [-0.25, -0.2) is 0 Å². The monoisotopic (exact) mass is 466 g/mol. The lowest BCUT2D eigenvalue weighted by atomic mass is 10.2. The van der Waals surface area contributed by atoms with Crippen LogP contribution in [0.15, 0.2) is 53.4 Å². The summed E-state index contributed by atoms with van der Waals surface area (Å²) in [7, 11) is 0. The molecule has 162 valence electrons. The van der Waals surface area contributed by atoms with E-state index in [-0.39, 0.29) is 10.0 Å². The SMILES string of the molecule is CCOc1ccc(/C=C2\SC(=S)N(CC(=O)Nc3cccc(C(F)(F)F)c3)C2=O)cc1. The first kappa shape index (κ1) is 22.8. The Morgan fingerprint density at radius 2 is 1.94 bits per heavy atom. The number of alkyl halides is 3. The van der Waals surface area contributed by atoms with E-state index in [1.165, 1.54) is 12.1 Å². The Labute approximate surface area is 186 Å². The van der Waals surface area contributed by atoms with Crippen molar-refractivity contribution in [2.75, 3.05) is 18.5 Å². The van der Waals surface area contributed by atoms with Crippen LogP contribution in [0.4, 0.5) is 18.9 Å². The van der Waals surface area contributed by atoms with E-state index in [1.807, 2.05) is 6.92 Å². The molecule has 5 nitrogen and oxygen atoms in total. The predicted octanol–water partition coefficient (Wildman–Crippen LogP) is 4.94. The average molecular weight is 467 g/mol. The highest BCUT2D eigenvalue weighted by molar-refractivity contribution is 8.26. The zero-order valence-corrected chi connectivity index (χ0v) is 17.9. The van der Waals surface area contributed by atoms with E-state index in [0.29, 0.717) is 17.3 Å². The van der Waals surface area contributed by atoms with Crippen LogP contribution in [-0.4, -0.2) is 34.2 Å². The Balaban J connectivity index is 1.66. The van der Waals surface area contributed by atoms with E-state index in [1.54, 1.807) is 30.3 Å². The first-order valence-corrected chi connectivity index (χ1v) is 10.3. The highest BCUT2D eigenvalue weighted by Crippen LogP contribution is 2.33. The van der Waals surface area contributed by atoms with Gasteiger partial charge in [-0.2, -0.15) is 13.2 Å². The molecule has 0 aliphatic carbocycles. The van der Waals surface area contributed by atoms with Gasteiger partial charge in [0.15, 0.2) is 0 Å². The lowest BCUT2D eigenvalue weighted by molar-refractivity contribution is -0.137. The number of amides is 2. The molecule has 3 rings (SSSR count). The fraction of sp³-hybridized carbons (Fsp3) is 0.190. The summed E-state index contributed by atoms with van der Waals surface area (Å²) in [4.78, 5) is 26.4. The van der Waals surface area contributed by atoms with Crippen LogP contribution in [0.3, 0.4) is 0 Å². The molecule has 0 atom stereocenters. The number of nitrogens with zero attached hydrogens (tertiary/aromatic N) is 1. The maximum Gasteiger partial charge on any atom is 0.416 e. The number of carbonyl (C=O) groups excluding carboxylic acids is 2. The van der Waals surface area contributed by atoms with Crippen LogP contribution < -0.4 is 10.1 Å². The Morgan fingerprint density at radius 1 is 1.23 bits per heavy atom. The molecular weight excluding hydrogens is 449 g/mol. The fourth-order valence-electron chi connectivity index (χ4n) is 2.73. The van der Waals surface area contributed by atoms with Crippen LogP contribution in [0.2, 0.25) is 0 Å². The van der Waals surface area contributed by atoms with Crippen molar-refractivity contribution in [3.63, 3.8) is 0 Å². The number of benzene rings is 2. The van der Waals surface area contributed by atoms with E-state index >= 15 is 0 Å². The molecule has 10 heteroatoms. The van der Waals surface area contributed by atoms with Crippen LogP contribution in [-0.2, 0) is 15.8 Å². The number of rotatable bonds is 6. The molecule has 1 heterocycles. The summed E-state index contributed by atoms with van der Waals surface area (Å²) in [6.45, 7) is 2.02. The minimum absolute atomic E-state index is 0.0183. The van der Waals surface area contributed by atoms with Crippen LogP contribution >= 0.6 is 24.0 Å². The van der Waals surface area contributed by atoms with Crippen LogP contribution in [0.5, 0.6) is 5.75 Å². The van der Waals surface area contributed by atoms with Gasteiger partial charge in [0.25, 0.3) is 5.91 Å². The second-order valence-corrected chi connectivity index (χ2v) is 8.07. The highest BCUT2D eigenvalue weighted by Gasteiger charge is 2.34. The first-order valence-electron chi connectivity index (χ1n) is 9.12. The van der Waals surface area contributed by atoms with E-state index < -0.39 is 30.1 Å². The van der Waals surface area contributed by atoms with Crippen molar-refractivity contribution in [1.29, 1.82) is 0 Å². The van der Waals surface area contributed by atoms with Crippen molar-refractivity contribution in [2.45, 2.75) is 13.1 Å². The Morgan fingerprint density at radius 3 is 2.58 bits per heavy atom. The van der Waals surface area contributed by atoms with Gasteiger partial charge in [0, 0.05) is 5.69 Å². The molecule has 2 amide bonds. The molecule has 1 aliphatic rings. The summed E-state index contributed by atoms with van der Waals surface area (Å²) in [5.41, 5.74) is -0.137. The number of hydrogen-bond acceptors (Lipinski definition) is 5. The molecule has 2 aromatic carbocycles. The highest BCUT2D eigenvalue weighted by atomic mass is 32.2. The lowest BCUT2D eigenvalue weighted by Crippen LogP contribution is -2.36. The summed E-state index contributed by atoms with van der Waals surface area (Å²) in [6.07, 6.45) is -2.87. The van der Waals surface area contributed by atoms with Gasteiger partial charge in [-0.1, -0.05) is 42.2 Å². The van der Waals surface area contributed by atoms with Crippen molar-refractivity contribution in [2.24, 2.45) is 0 Å². The maximum atomic E-state index is 12.8. The number of thiocarbonyl (C=S) groups is 1. The Kier molecular flexibility index (Phi) is 7.01. The molecule has 1 N–H and O–H groups in total. The van der Waals surface area contributed by atoms with Crippen LogP contribution in [0.1, 0.15) is 18.1 Å². The Bertz CT molecular complexity index is 1040. The third-order valence-electron chi connectivity index (χ3n) is 4.14. The summed E-state index contributed by atoms with van der Waals surface area (Å²) in [5, 5.41) is 2.37. The van der Waals surface area contributed by atoms with E-state index in [4.69, 9.17) is 17.0 Å². The van der Waals surface area contributed by atoms with Crippen molar-refractivity contribution in [3.8, 4) is 5.75 Å². The molecular formula is C21H17F3N2O3S2. The van der Waals surface area contributed by atoms with Crippen molar-refractivity contribution >= 4 is 51.9 Å². The van der Waals surface area contributed by atoms with Crippen LogP contribution in [0.25, 0.3) is 6.08 Å². The average Bonchev–Trinajstić information content (AvgIpc) is 2.96. The second-order valence-electron chi connectivity index (χ2n) is 6.40. The lowest BCUT2D eigenvalue weighted by Gasteiger charge is -2.15.